The molecule has 3 N–H and O–H groups in total. The lowest BCUT2D eigenvalue weighted by molar-refractivity contribution is -0.136. The second kappa shape index (κ2) is 5.08. The van der Waals surface area contributed by atoms with Crippen molar-refractivity contribution in [1.82, 2.24) is 0 Å². The number of halogens is 3. The van der Waals surface area contributed by atoms with E-state index in [4.69, 9.17) is 5.73 Å². The molecular weight excluding hydrogens is 241 g/mol. The zero-order valence-corrected chi connectivity index (χ0v) is 10.1. The van der Waals surface area contributed by atoms with Crippen LogP contribution in [-0.2, 0) is 6.18 Å². The van der Waals surface area contributed by atoms with Crippen LogP contribution in [0.25, 0.3) is 0 Å². The molecule has 0 aromatic heterocycles. The van der Waals surface area contributed by atoms with E-state index >= 15 is 0 Å². The van der Waals surface area contributed by atoms with Crippen molar-refractivity contribution in [3.05, 3.63) is 23.8 Å². The highest BCUT2D eigenvalue weighted by Gasteiger charge is 2.33. The van der Waals surface area contributed by atoms with Gasteiger partial charge in [-0.3, -0.25) is 0 Å². The van der Waals surface area contributed by atoms with Gasteiger partial charge in [0.2, 0.25) is 0 Å². The first kappa shape index (κ1) is 13.1. The summed E-state index contributed by atoms with van der Waals surface area (Å²) in [5.41, 5.74) is 4.81. The molecule has 2 nitrogen and oxygen atoms in total. The van der Waals surface area contributed by atoms with E-state index in [-0.39, 0.29) is 5.69 Å². The van der Waals surface area contributed by atoms with E-state index in [1.807, 2.05) is 0 Å². The maximum atomic E-state index is 12.6. The number of hydrogen-bond acceptors (Lipinski definition) is 2. The van der Waals surface area contributed by atoms with Gasteiger partial charge in [0.15, 0.2) is 0 Å². The number of rotatable bonds is 5. The molecule has 100 valence electrons. The molecule has 0 aliphatic heterocycles. The lowest BCUT2D eigenvalue weighted by Gasteiger charge is -2.13. The third kappa shape index (κ3) is 3.55. The van der Waals surface area contributed by atoms with Crippen molar-refractivity contribution in [1.29, 1.82) is 0 Å². The monoisotopic (exact) mass is 258 g/mol. The van der Waals surface area contributed by atoms with Crippen LogP contribution in [0.15, 0.2) is 18.2 Å². The normalized spacial score (nSPS) is 15.7. The second-order valence-electron chi connectivity index (χ2n) is 4.81. The van der Waals surface area contributed by atoms with E-state index in [1.54, 1.807) is 6.07 Å². The highest BCUT2D eigenvalue weighted by molar-refractivity contribution is 5.58. The Labute approximate surface area is 104 Å². The van der Waals surface area contributed by atoms with Gasteiger partial charge in [0, 0.05) is 17.9 Å². The first-order chi connectivity index (χ1) is 8.47. The van der Waals surface area contributed by atoms with E-state index in [1.165, 1.54) is 18.9 Å². The standard InChI is InChI=1S/C13H17F3N2/c14-13(15,16)11-8-10(5-6-12(11)17)18-7-1-2-9-3-4-9/h5-6,8-9,18H,1-4,7,17H2. The molecule has 0 heterocycles. The molecule has 1 aliphatic carbocycles. The lowest BCUT2D eigenvalue weighted by atomic mass is 10.1. The van der Waals surface area contributed by atoms with Crippen LogP contribution in [0.5, 0.6) is 0 Å². The summed E-state index contributed by atoms with van der Waals surface area (Å²) in [7, 11) is 0. The van der Waals surface area contributed by atoms with Crippen LogP contribution in [0.3, 0.4) is 0 Å². The van der Waals surface area contributed by atoms with Crippen molar-refractivity contribution >= 4 is 11.4 Å². The number of hydrogen-bond donors (Lipinski definition) is 2. The van der Waals surface area contributed by atoms with Crippen LogP contribution < -0.4 is 11.1 Å². The molecule has 2 rings (SSSR count). The van der Waals surface area contributed by atoms with E-state index in [0.717, 1.165) is 24.8 Å². The van der Waals surface area contributed by atoms with Crippen molar-refractivity contribution in [2.45, 2.75) is 31.9 Å². The first-order valence-corrected chi connectivity index (χ1v) is 6.17. The molecule has 1 aliphatic rings. The fraction of sp³-hybridized carbons (Fsp3) is 0.538. The SMILES string of the molecule is Nc1ccc(NCCCC2CC2)cc1C(F)(F)F. The van der Waals surface area contributed by atoms with Gasteiger partial charge >= 0.3 is 6.18 Å². The fourth-order valence-corrected chi connectivity index (χ4v) is 1.94. The molecule has 0 radical (unpaired) electrons. The van der Waals surface area contributed by atoms with Gasteiger partial charge in [-0.1, -0.05) is 12.8 Å². The van der Waals surface area contributed by atoms with Crippen molar-refractivity contribution in [3.8, 4) is 0 Å². The van der Waals surface area contributed by atoms with Crippen molar-refractivity contribution in [2.75, 3.05) is 17.6 Å². The number of nitrogens with one attached hydrogen (secondary N) is 1. The topological polar surface area (TPSA) is 38.0 Å². The van der Waals surface area contributed by atoms with Crippen LogP contribution in [0.1, 0.15) is 31.2 Å². The Kier molecular flexibility index (Phi) is 3.68. The molecule has 0 bridgehead atoms. The summed E-state index contributed by atoms with van der Waals surface area (Å²) >= 11 is 0. The highest BCUT2D eigenvalue weighted by Crippen LogP contribution is 2.35. The highest BCUT2D eigenvalue weighted by atomic mass is 19.4. The van der Waals surface area contributed by atoms with Crippen LogP contribution in [0.2, 0.25) is 0 Å². The molecule has 0 saturated heterocycles. The third-order valence-electron chi connectivity index (χ3n) is 3.17. The fourth-order valence-electron chi connectivity index (χ4n) is 1.94. The van der Waals surface area contributed by atoms with Gasteiger partial charge in [0.05, 0.1) is 5.56 Å². The zero-order chi connectivity index (χ0) is 13.2. The summed E-state index contributed by atoms with van der Waals surface area (Å²) in [6.07, 6.45) is 0.375. The van der Waals surface area contributed by atoms with E-state index in [2.05, 4.69) is 5.32 Å². The van der Waals surface area contributed by atoms with Crippen LogP contribution >= 0.6 is 0 Å². The number of benzene rings is 1. The summed E-state index contributed by atoms with van der Waals surface area (Å²) in [4.78, 5) is 0. The van der Waals surface area contributed by atoms with Crippen LogP contribution in [-0.4, -0.2) is 6.54 Å². The Hall–Kier alpha value is -1.39. The molecule has 0 unspecified atom stereocenters. The Morgan fingerprint density at radius 1 is 1.28 bits per heavy atom. The molecule has 18 heavy (non-hydrogen) atoms. The quantitative estimate of drug-likeness (QED) is 0.621. The Bertz CT molecular complexity index is 411. The van der Waals surface area contributed by atoms with Crippen LogP contribution in [0.4, 0.5) is 24.5 Å². The summed E-state index contributed by atoms with van der Waals surface area (Å²) in [6, 6.07) is 3.96. The predicted octanol–water partition coefficient (Wildman–Crippen LogP) is 3.89. The molecular formula is C13H17F3N2. The van der Waals surface area contributed by atoms with Gasteiger partial charge in [0.25, 0.3) is 0 Å². The maximum Gasteiger partial charge on any atom is 0.418 e. The number of alkyl halides is 3. The maximum absolute atomic E-state index is 12.6. The van der Waals surface area contributed by atoms with Gasteiger partial charge in [0.1, 0.15) is 0 Å². The smallest absolute Gasteiger partial charge is 0.398 e. The summed E-state index contributed by atoms with van der Waals surface area (Å²) in [5.74, 6) is 0.851. The summed E-state index contributed by atoms with van der Waals surface area (Å²) < 4.78 is 37.9. The largest absolute Gasteiger partial charge is 0.418 e. The molecule has 1 fully saturated rings. The zero-order valence-electron chi connectivity index (χ0n) is 10.1. The minimum atomic E-state index is -4.39. The molecule has 0 atom stereocenters. The van der Waals surface area contributed by atoms with Gasteiger partial charge in [-0.15, -0.1) is 0 Å². The van der Waals surface area contributed by atoms with E-state index in [0.29, 0.717) is 12.2 Å². The lowest BCUT2D eigenvalue weighted by Crippen LogP contribution is -2.10. The van der Waals surface area contributed by atoms with E-state index < -0.39 is 11.7 Å². The first-order valence-electron chi connectivity index (χ1n) is 6.17. The van der Waals surface area contributed by atoms with E-state index in [9.17, 15) is 13.2 Å². The Morgan fingerprint density at radius 3 is 2.61 bits per heavy atom. The van der Waals surface area contributed by atoms with Gasteiger partial charge in [-0.05, 0) is 37.0 Å². The number of nitrogen functional groups attached to an aromatic ring is 1. The summed E-state index contributed by atoms with van der Waals surface area (Å²) in [6.45, 7) is 0.706. The van der Waals surface area contributed by atoms with Crippen molar-refractivity contribution in [2.24, 2.45) is 5.92 Å². The molecule has 1 aromatic rings. The molecule has 1 saturated carbocycles. The van der Waals surface area contributed by atoms with Crippen molar-refractivity contribution < 1.29 is 13.2 Å². The molecule has 1 aromatic carbocycles. The summed E-state index contributed by atoms with van der Waals surface area (Å²) in [5, 5.41) is 3.01. The van der Waals surface area contributed by atoms with Gasteiger partial charge in [-0.25, -0.2) is 0 Å². The third-order valence-corrected chi connectivity index (χ3v) is 3.17. The van der Waals surface area contributed by atoms with Crippen molar-refractivity contribution in [3.63, 3.8) is 0 Å². The molecule has 0 spiro atoms. The average Bonchev–Trinajstić information content (AvgIpc) is 3.09. The van der Waals surface area contributed by atoms with Crippen LogP contribution in [0, 0.1) is 5.92 Å². The molecule has 0 amide bonds. The Balaban J connectivity index is 1.91. The minimum Gasteiger partial charge on any atom is -0.398 e. The van der Waals surface area contributed by atoms with Gasteiger partial charge < -0.3 is 11.1 Å². The number of nitrogens with two attached hydrogens (primary N) is 1. The Morgan fingerprint density at radius 2 is 2.00 bits per heavy atom. The predicted molar refractivity (Wildman–Crippen MR) is 66.3 cm³/mol. The average molecular weight is 258 g/mol. The van der Waals surface area contributed by atoms with Gasteiger partial charge in [-0.2, -0.15) is 13.2 Å². The molecule has 5 heteroatoms. The second-order valence-corrected chi connectivity index (χ2v) is 4.81. The number of anilines is 2. The minimum absolute atomic E-state index is 0.231.